The maximum Gasteiger partial charge on any atom is 0.504 e. The molecule has 4 rings (SSSR count). The van der Waals surface area contributed by atoms with Crippen LogP contribution in [0.2, 0.25) is 0 Å². The summed E-state index contributed by atoms with van der Waals surface area (Å²) in [6.45, 7) is 0. The Kier molecular flexibility index (Phi) is 4.49. The van der Waals surface area contributed by atoms with Crippen LogP contribution < -0.4 is 0 Å². The largest absolute Gasteiger partial charge is 0.504 e. The normalized spacial score (nSPS) is 11.3. The van der Waals surface area contributed by atoms with Crippen LogP contribution in [-0.4, -0.2) is 19.4 Å². The van der Waals surface area contributed by atoms with Crippen LogP contribution in [0.25, 0.3) is 16.6 Å². The zero-order chi connectivity index (χ0) is 20.6. The first kappa shape index (κ1) is 18.6. The monoisotopic (exact) mass is 410 g/mol. The van der Waals surface area contributed by atoms with Crippen molar-refractivity contribution in [1.82, 2.24) is 19.4 Å². The van der Waals surface area contributed by atoms with E-state index in [0.717, 1.165) is 12.4 Å². The van der Waals surface area contributed by atoms with Gasteiger partial charge in [-0.15, -0.1) is 13.2 Å². The Labute approximate surface area is 166 Å². The Bertz CT molecular complexity index is 1310. The second-order valence-corrected chi connectivity index (χ2v) is 6.99. The highest BCUT2D eigenvalue weighted by Crippen LogP contribution is 2.37. The first-order valence-electron chi connectivity index (χ1n) is 8.11. The van der Waals surface area contributed by atoms with Crippen LogP contribution >= 0.6 is 11.8 Å². The molecular weight excluding hydrogens is 401 g/mol. The smallest absolute Gasteiger partial charge is 0.238 e. The third kappa shape index (κ3) is 3.42. The van der Waals surface area contributed by atoms with Crippen LogP contribution in [0.1, 0.15) is 11.1 Å². The van der Waals surface area contributed by atoms with E-state index in [-0.39, 0.29) is 10.2 Å². The van der Waals surface area contributed by atoms with E-state index in [1.54, 1.807) is 30.3 Å². The number of alkyl halides is 3. The van der Waals surface area contributed by atoms with Crippen molar-refractivity contribution in [2.24, 2.45) is 0 Å². The van der Waals surface area contributed by atoms with Crippen LogP contribution in [0.3, 0.4) is 0 Å². The molecule has 0 spiro atoms. The molecule has 6 nitrogen and oxygen atoms in total. The van der Waals surface area contributed by atoms with Crippen LogP contribution in [0, 0.1) is 22.7 Å². The van der Waals surface area contributed by atoms with Crippen molar-refractivity contribution in [3.63, 3.8) is 0 Å². The molecule has 0 bridgehead atoms. The van der Waals surface area contributed by atoms with Gasteiger partial charge in [0.1, 0.15) is 12.1 Å². The topological polar surface area (TPSA) is 82.7 Å². The molecule has 0 aliphatic heterocycles. The van der Waals surface area contributed by atoms with Gasteiger partial charge in [0, 0.05) is 33.3 Å². The summed E-state index contributed by atoms with van der Waals surface area (Å²) in [4.78, 5) is 1.24. The quantitative estimate of drug-likeness (QED) is 0.494. The van der Waals surface area contributed by atoms with Crippen molar-refractivity contribution in [2.45, 2.75) is 16.1 Å². The van der Waals surface area contributed by atoms with Crippen LogP contribution in [-0.2, 0) is 6.30 Å². The minimum absolute atomic E-state index is 0.0753. The highest BCUT2D eigenvalue weighted by molar-refractivity contribution is 7.99. The average molecular weight is 410 g/mol. The Morgan fingerprint density at radius 2 is 1.66 bits per heavy atom. The van der Waals surface area contributed by atoms with Gasteiger partial charge in [-0.1, -0.05) is 23.9 Å². The molecule has 0 saturated heterocycles. The minimum Gasteiger partial charge on any atom is -0.238 e. The average Bonchev–Trinajstić information content (AvgIpc) is 3.35. The second kappa shape index (κ2) is 7.00. The van der Waals surface area contributed by atoms with Crippen molar-refractivity contribution in [2.75, 3.05) is 0 Å². The lowest BCUT2D eigenvalue weighted by Gasteiger charge is -2.09. The van der Waals surface area contributed by atoms with Crippen LogP contribution in [0.5, 0.6) is 0 Å². The summed E-state index contributed by atoms with van der Waals surface area (Å²) in [5, 5.41) is 26.2. The summed E-state index contributed by atoms with van der Waals surface area (Å²) in [6, 6.07) is 12.8. The van der Waals surface area contributed by atoms with E-state index in [9.17, 15) is 23.7 Å². The maximum atomic E-state index is 12.9. The molecule has 0 atom stereocenters. The number of rotatable bonds is 3. The van der Waals surface area contributed by atoms with Crippen molar-refractivity contribution < 1.29 is 13.2 Å². The number of hydrogen-bond acceptors (Lipinski definition) is 5. The molecule has 0 unspecified atom stereocenters. The Balaban J connectivity index is 1.88. The van der Waals surface area contributed by atoms with E-state index in [2.05, 4.69) is 22.3 Å². The van der Waals surface area contributed by atoms with Gasteiger partial charge >= 0.3 is 6.30 Å². The number of nitrogens with zero attached hydrogens (tertiary/aromatic N) is 6. The fourth-order valence-electron chi connectivity index (χ4n) is 2.78. The van der Waals surface area contributed by atoms with E-state index in [1.807, 2.05) is 0 Å². The van der Waals surface area contributed by atoms with E-state index in [0.29, 0.717) is 32.0 Å². The minimum atomic E-state index is -4.62. The van der Waals surface area contributed by atoms with Gasteiger partial charge in [-0.25, -0.2) is 4.52 Å². The molecule has 0 aliphatic rings. The number of benzene rings is 1. The molecule has 1 aromatic carbocycles. The number of halogens is 3. The number of fused-ring (bicyclic) bond motifs is 1. The van der Waals surface area contributed by atoms with E-state index < -0.39 is 6.30 Å². The number of aromatic nitrogens is 4. The van der Waals surface area contributed by atoms with Gasteiger partial charge in [-0.2, -0.15) is 25.4 Å². The van der Waals surface area contributed by atoms with E-state index in [1.165, 1.54) is 28.7 Å². The lowest BCUT2D eigenvalue weighted by Crippen LogP contribution is -2.16. The lowest BCUT2D eigenvalue weighted by molar-refractivity contribution is -0.212. The number of pyridine rings is 1. The highest BCUT2D eigenvalue weighted by Gasteiger charge is 2.31. The summed E-state index contributed by atoms with van der Waals surface area (Å²) in [5.74, 6) is 0. The molecule has 29 heavy (non-hydrogen) atoms. The summed E-state index contributed by atoms with van der Waals surface area (Å²) >= 11 is 1.24. The zero-order valence-corrected chi connectivity index (χ0v) is 15.2. The fourth-order valence-corrected chi connectivity index (χ4v) is 3.87. The molecule has 4 aromatic rings. The molecule has 142 valence electrons. The SMILES string of the molecule is N#Cc1ccccc1Sc1cc(-c2cnn(C(F)(F)F)c2)cn2ncc(C#N)c12. The summed E-state index contributed by atoms with van der Waals surface area (Å²) in [7, 11) is 0. The van der Waals surface area contributed by atoms with E-state index in [4.69, 9.17) is 0 Å². The predicted molar refractivity (Wildman–Crippen MR) is 97.7 cm³/mol. The van der Waals surface area contributed by atoms with Crippen molar-refractivity contribution in [3.05, 3.63) is 66.2 Å². The molecule has 0 aliphatic carbocycles. The first-order chi connectivity index (χ1) is 13.9. The van der Waals surface area contributed by atoms with Crippen molar-refractivity contribution in [1.29, 1.82) is 10.5 Å². The third-order valence-corrected chi connectivity index (χ3v) is 5.21. The standard InChI is InChI=1S/C19H9F3N6S/c20-19(21,22)28-11-15(9-26-28)13-5-17(18-14(7-24)8-25-27(18)10-13)29-16-4-2-1-3-12(16)6-23/h1-5,8-11H. The predicted octanol–water partition coefficient (Wildman–Crippen LogP) is 4.57. The van der Waals surface area contributed by atoms with Gasteiger partial charge in [-0.3, -0.25) is 0 Å². The fraction of sp³-hybridized carbons (Fsp3) is 0.0526. The van der Waals surface area contributed by atoms with Gasteiger partial charge in [0.2, 0.25) is 0 Å². The van der Waals surface area contributed by atoms with Gasteiger partial charge in [0.25, 0.3) is 0 Å². The van der Waals surface area contributed by atoms with Crippen molar-refractivity contribution >= 4 is 17.3 Å². The number of hydrogen-bond donors (Lipinski definition) is 0. The molecule has 10 heteroatoms. The van der Waals surface area contributed by atoms with E-state index >= 15 is 0 Å². The van der Waals surface area contributed by atoms with Gasteiger partial charge in [-0.05, 0) is 18.2 Å². The molecule has 3 heterocycles. The summed E-state index contributed by atoms with van der Waals surface area (Å²) in [6.07, 6.45) is 0.298. The molecule has 0 N–H and O–H groups in total. The Morgan fingerprint density at radius 1 is 0.897 bits per heavy atom. The molecule has 0 radical (unpaired) electrons. The summed E-state index contributed by atoms with van der Waals surface area (Å²) < 4.78 is 40.0. The summed E-state index contributed by atoms with van der Waals surface area (Å²) in [5.41, 5.74) is 1.96. The maximum absolute atomic E-state index is 12.9. The zero-order valence-electron chi connectivity index (χ0n) is 14.4. The van der Waals surface area contributed by atoms with Crippen molar-refractivity contribution in [3.8, 4) is 23.3 Å². The highest BCUT2D eigenvalue weighted by atomic mass is 32.2. The first-order valence-corrected chi connectivity index (χ1v) is 8.93. The lowest BCUT2D eigenvalue weighted by atomic mass is 10.1. The Hall–Kier alpha value is -3.76. The molecular formula is C19H9F3N6S. The molecule has 0 saturated carbocycles. The van der Waals surface area contributed by atoms with Gasteiger partial charge < -0.3 is 0 Å². The molecule has 0 fully saturated rings. The number of nitriles is 2. The third-order valence-electron chi connectivity index (χ3n) is 4.10. The van der Waals surface area contributed by atoms with Gasteiger partial charge in [0.05, 0.1) is 29.0 Å². The van der Waals surface area contributed by atoms with Crippen LogP contribution in [0.15, 0.2) is 64.9 Å². The molecule has 0 amide bonds. The van der Waals surface area contributed by atoms with Crippen LogP contribution in [0.4, 0.5) is 13.2 Å². The Morgan fingerprint density at radius 3 is 2.34 bits per heavy atom. The van der Waals surface area contributed by atoms with Gasteiger partial charge in [0.15, 0.2) is 0 Å². The second-order valence-electron chi connectivity index (χ2n) is 5.91. The molecule has 3 aromatic heterocycles.